The van der Waals surface area contributed by atoms with E-state index < -0.39 is 0 Å². The number of thioether (sulfide) groups is 2. The van der Waals surface area contributed by atoms with E-state index in [-0.39, 0.29) is 0 Å². The summed E-state index contributed by atoms with van der Waals surface area (Å²) in [5, 5.41) is 9.02. The molecule has 0 atom stereocenters. The summed E-state index contributed by atoms with van der Waals surface area (Å²) in [5.41, 5.74) is 1.12. The number of halogens is 1. The summed E-state index contributed by atoms with van der Waals surface area (Å²) >= 11 is 14.1. The Hall–Kier alpha value is -0.760. The molecule has 106 valence electrons. The van der Waals surface area contributed by atoms with Crippen molar-refractivity contribution >= 4 is 57.6 Å². The van der Waals surface area contributed by atoms with E-state index in [9.17, 15) is 0 Å². The Bertz CT molecular complexity index is 597. The van der Waals surface area contributed by atoms with Crippen molar-refractivity contribution in [3.8, 4) is 0 Å². The van der Waals surface area contributed by atoms with Crippen LogP contribution >= 0.6 is 47.3 Å². The minimum Gasteiger partial charge on any atom is -0.350 e. The molecule has 1 N–H and O–H groups in total. The summed E-state index contributed by atoms with van der Waals surface area (Å²) in [6.07, 6.45) is 3.86. The zero-order chi connectivity index (χ0) is 14.5. The maximum absolute atomic E-state index is 5.87. The Morgan fingerprint density at radius 1 is 1.35 bits per heavy atom. The Labute approximate surface area is 136 Å². The molecule has 0 unspecified atom stereocenters. The highest BCUT2D eigenvalue weighted by Crippen LogP contribution is 2.17. The number of nitrogens with zero attached hydrogens (tertiary/aromatic N) is 3. The van der Waals surface area contributed by atoms with Crippen molar-refractivity contribution < 1.29 is 0 Å². The second kappa shape index (κ2) is 7.31. The van der Waals surface area contributed by atoms with Crippen LogP contribution in [0.3, 0.4) is 0 Å². The third-order valence-electron chi connectivity index (χ3n) is 2.48. The number of benzene rings is 1. The minimum absolute atomic E-state index is 0.640. The molecule has 0 amide bonds. The van der Waals surface area contributed by atoms with Gasteiger partial charge in [-0.15, -0.1) is 5.10 Å². The van der Waals surface area contributed by atoms with Gasteiger partial charge in [0.25, 0.3) is 0 Å². The van der Waals surface area contributed by atoms with Crippen LogP contribution in [0.5, 0.6) is 0 Å². The van der Waals surface area contributed by atoms with Gasteiger partial charge >= 0.3 is 0 Å². The van der Waals surface area contributed by atoms with Crippen LogP contribution in [0.2, 0.25) is 5.02 Å². The number of hydrogen-bond acceptors (Lipinski definition) is 6. The molecular formula is C12H13ClN4S3. The molecular weight excluding hydrogens is 332 g/mol. The number of nitrogens with one attached hydrogen (secondary N) is 1. The average molecular weight is 345 g/mol. The summed E-state index contributed by atoms with van der Waals surface area (Å²) in [4.78, 5) is 4.41. The molecule has 0 spiro atoms. The maximum atomic E-state index is 5.87. The summed E-state index contributed by atoms with van der Waals surface area (Å²) in [6, 6.07) is 7.67. The number of thiocarbonyl (C=S) groups is 1. The zero-order valence-corrected chi connectivity index (χ0v) is 14.2. The highest BCUT2D eigenvalue weighted by molar-refractivity contribution is 8.22. The van der Waals surface area contributed by atoms with E-state index in [1.54, 1.807) is 4.68 Å². The van der Waals surface area contributed by atoms with E-state index in [1.165, 1.54) is 23.5 Å². The Morgan fingerprint density at radius 3 is 2.65 bits per heavy atom. The van der Waals surface area contributed by atoms with Crippen molar-refractivity contribution in [1.82, 2.24) is 14.8 Å². The summed E-state index contributed by atoms with van der Waals surface area (Å²) in [6.45, 7) is 0.640. The van der Waals surface area contributed by atoms with Gasteiger partial charge in [0.15, 0.2) is 4.32 Å². The van der Waals surface area contributed by atoms with Crippen molar-refractivity contribution in [2.24, 2.45) is 0 Å². The van der Waals surface area contributed by atoms with Crippen LogP contribution in [0.25, 0.3) is 0 Å². The molecule has 0 aliphatic rings. The lowest BCUT2D eigenvalue weighted by Crippen LogP contribution is -2.12. The first-order chi connectivity index (χ1) is 9.63. The third kappa shape index (κ3) is 3.88. The molecule has 1 aromatic carbocycles. The molecule has 2 aromatic rings. The van der Waals surface area contributed by atoms with E-state index in [4.69, 9.17) is 23.8 Å². The number of aromatic nitrogens is 3. The molecule has 0 fully saturated rings. The van der Waals surface area contributed by atoms with Crippen molar-refractivity contribution in [2.45, 2.75) is 11.7 Å². The molecule has 0 saturated heterocycles. The lowest BCUT2D eigenvalue weighted by Gasteiger charge is -2.07. The van der Waals surface area contributed by atoms with Crippen molar-refractivity contribution in [3.05, 3.63) is 34.9 Å². The SMILES string of the molecule is CSC(=S)n1nc(SC)nc1NCc1ccc(Cl)cc1. The van der Waals surface area contributed by atoms with Crippen LogP contribution in [-0.4, -0.2) is 31.6 Å². The highest BCUT2D eigenvalue weighted by atomic mass is 35.5. The van der Waals surface area contributed by atoms with E-state index in [1.807, 2.05) is 36.8 Å². The maximum Gasteiger partial charge on any atom is 0.228 e. The Balaban J connectivity index is 2.13. The molecule has 1 aromatic heterocycles. The zero-order valence-electron chi connectivity index (χ0n) is 11.0. The van der Waals surface area contributed by atoms with Crippen LogP contribution in [0.4, 0.5) is 5.95 Å². The van der Waals surface area contributed by atoms with Crippen molar-refractivity contribution in [3.63, 3.8) is 0 Å². The molecule has 1 heterocycles. The predicted octanol–water partition coefficient (Wildman–Crippen LogP) is 3.76. The normalized spacial score (nSPS) is 10.6. The number of rotatable bonds is 4. The van der Waals surface area contributed by atoms with E-state index >= 15 is 0 Å². The second-order valence-corrected chi connectivity index (χ2v) is 6.43. The Kier molecular flexibility index (Phi) is 5.71. The van der Waals surface area contributed by atoms with Crippen LogP contribution in [0, 0.1) is 0 Å². The lowest BCUT2D eigenvalue weighted by atomic mass is 10.2. The van der Waals surface area contributed by atoms with Gasteiger partial charge in [-0.25, -0.2) is 0 Å². The molecule has 0 radical (unpaired) electrons. The van der Waals surface area contributed by atoms with Crippen molar-refractivity contribution in [2.75, 3.05) is 17.8 Å². The topological polar surface area (TPSA) is 42.7 Å². The molecule has 0 bridgehead atoms. The van der Waals surface area contributed by atoms with Gasteiger partial charge in [-0.3, -0.25) is 0 Å². The molecule has 0 aliphatic heterocycles. The van der Waals surface area contributed by atoms with E-state index in [0.29, 0.717) is 22.0 Å². The van der Waals surface area contributed by atoms with E-state index in [0.717, 1.165) is 10.6 Å². The highest BCUT2D eigenvalue weighted by Gasteiger charge is 2.12. The van der Waals surface area contributed by atoms with Crippen LogP contribution in [0.1, 0.15) is 5.56 Å². The quantitative estimate of drug-likeness (QED) is 0.673. The molecule has 4 nitrogen and oxygen atoms in total. The molecule has 0 aliphatic carbocycles. The number of hydrogen-bond donors (Lipinski definition) is 1. The average Bonchev–Trinajstić information content (AvgIpc) is 2.89. The first-order valence-electron chi connectivity index (χ1n) is 5.71. The van der Waals surface area contributed by atoms with Gasteiger partial charge in [-0.1, -0.05) is 59.5 Å². The molecule has 8 heteroatoms. The first-order valence-corrected chi connectivity index (χ1v) is 8.95. The van der Waals surface area contributed by atoms with Crippen LogP contribution in [0.15, 0.2) is 29.4 Å². The fourth-order valence-electron chi connectivity index (χ4n) is 1.49. The molecule has 2 rings (SSSR count). The smallest absolute Gasteiger partial charge is 0.228 e. The van der Waals surface area contributed by atoms with Gasteiger partial charge in [0, 0.05) is 11.6 Å². The molecule has 0 saturated carbocycles. The second-order valence-electron chi connectivity index (χ2n) is 3.78. The van der Waals surface area contributed by atoms with Gasteiger partial charge < -0.3 is 5.32 Å². The molecule has 20 heavy (non-hydrogen) atoms. The predicted molar refractivity (Wildman–Crippen MR) is 92.1 cm³/mol. The van der Waals surface area contributed by atoms with Gasteiger partial charge in [0.1, 0.15) is 0 Å². The van der Waals surface area contributed by atoms with Gasteiger partial charge in [-0.2, -0.15) is 9.67 Å². The third-order valence-corrected chi connectivity index (χ3v) is 4.47. The largest absolute Gasteiger partial charge is 0.350 e. The van der Waals surface area contributed by atoms with Gasteiger partial charge in [0.2, 0.25) is 11.1 Å². The van der Waals surface area contributed by atoms with Gasteiger partial charge in [-0.05, 0) is 30.2 Å². The van der Waals surface area contributed by atoms with Gasteiger partial charge in [0.05, 0.1) is 0 Å². The number of anilines is 1. The van der Waals surface area contributed by atoms with Crippen LogP contribution < -0.4 is 5.32 Å². The fourth-order valence-corrected chi connectivity index (χ4v) is 2.39. The lowest BCUT2D eigenvalue weighted by molar-refractivity contribution is 0.895. The monoisotopic (exact) mass is 344 g/mol. The summed E-state index contributed by atoms with van der Waals surface area (Å²) < 4.78 is 2.32. The van der Waals surface area contributed by atoms with Crippen molar-refractivity contribution in [1.29, 1.82) is 0 Å². The Morgan fingerprint density at radius 2 is 2.05 bits per heavy atom. The summed E-state index contributed by atoms with van der Waals surface area (Å²) in [7, 11) is 0. The summed E-state index contributed by atoms with van der Waals surface area (Å²) in [5.74, 6) is 0.656. The first kappa shape index (κ1) is 15.6. The van der Waals surface area contributed by atoms with Crippen LogP contribution in [-0.2, 0) is 6.54 Å². The minimum atomic E-state index is 0.640. The van der Waals surface area contributed by atoms with E-state index in [2.05, 4.69) is 15.4 Å². The standard InChI is InChI=1S/C12H13ClN4S3/c1-19-11-15-10(17(16-11)12(18)20-2)14-7-8-3-5-9(13)6-4-8/h3-6H,7H2,1-2H3,(H,14,15,16). The fraction of sp³-hybridized carbons (Fsp3) is 0.250.